The van der Waals surface area contributed by atoms with Crippen LogP contribution in [-0.2, 0) is 16.6 Å². The molecule has 1 aromatic heterocycles. The molecule has 0 spiro atoms. The van der Waals surface area contributed by atoms with Crippen LogP contribution in [0.15, 0.2) is 23.1 Å². The highest BCUT2D eigenvalue weighted by Gasteiger charge is 2.24. The first kappa shape index (κ1) is 14.5. The molecule has 0 unspecified atom stereocenters. The van der Waals surface area contributed by atoms with Crippen molar-refractivity contribution < 1.29 is 8.42 Å². The molecule has 0 aliphatic carbocycles. The van der Waals surface area contributed by atoms with Gasteiger partial charge in [0, 0.05) is 6.54 Å². The summed E-state index contributed by atoms with van der Waals surface area (Å²) >= 11 is 0. The van der Waals surface area contributed by atoms with Gasteiger partial charge in [0.2, 0.25) is 0 Å². The molecule has 6 nitrogen and oxygen atoms in total. The number of aromatic nitrogens is 2. The third-order valence-electron chi connectivity index (χ3n) is 3.05. The van der Waals surface area contributed by atoms with E-state index in [-0.39, 0.29) is 11.4 Å². The quantitative estimate of drug-likeness (QED) is 0.797. The van der Waals surface area contributed by atoms with Gasteiger partial charge in [-0.3, -0.25) is 9.82 Å². The Morgan fingerprint density at radius 3 is 2.60 bits per heavy atom. The normalized spacial score (nSPS) is 11.6. The lowest BCUT2D eigenvalue weighted by atomic mass is 10.1. The van der Waals surface area contributed by atoms with Gasteiger partial charge in [-0.05, 0) is 32.4 Å². The van der Waals surface area contributed by atoms with Crippen molar-refractivity contribution in [3.05, 3.63) is 40.7 Å². The molecule has 0 aliphatic heterocycles. The van der Waals surface area contributed by atoms with E-state index >= 15 is 0 Å². The molecule has 0 fully saturated rings. The second-order valence-electron chi connectivity index (χ2n) is 4.75. The summed E-state index contributed by atoms with van der Waals surface area (Å²) in [6.45, 7) is 5.53. The molecule has 1 aromatic carbocycles. The van der Waals surface area contributed by atoms with Gasteiger partial charge in [0.1, 0.15) is 4.90 Å². The van der Waals surface area contributed by atoms with Crippen molar-refractivity contribution in [3.8, 4) is 0 Å². The fraction of sp³-hybridized carbons (Fsp3) is 0.308. The third kappa shape index (κ3) is 2.68. The Kier molecular flexibility index (Phi) is 3.82. The number of hydrogen-bond acceptors (Lipinski definition) is 4. The number of nitrogens with two attached hydrogens (primary N) is 1. The van der Waals surface area contributed by atoms with Gasteiger partial charge in [-0.2, -0.15) is 5.10 Å². The Morgan fingerprint density at radius 1 is 1.30 bits per heavy atom. The molecule has 0 aliphatic rings. The van der Waals surface area contributed by atoms with Crippen molar-refractivity contribution in [2.24, 2.45) is 5.73 Å². The van der Waals surface area contributed by atoms with Crippen LogP contribution in [-0.4, -0.2) is 18.6 Å². The molecule has 108 valence electrons. The van der Waals surface area contributed by atoms with Crippen molar-refractivity contribution in [2.75, 3.05) is 4.72 Å². The number of nitrogens with one attached hydrogen (secondary N) is 2. The van der Waals surface area contributed by atoms with E-state index < -0.39 is 10.0 Å². The van der Waals surface area contributed by atoms with Crippen molar-refractivity contribution >= 4 is 15.7 Å². The van der Waals surface area contributed by atoms with Gasteiger partial charge in [0.25, 0.3) is 10.0 Å². The third-order valence-corrected chi connectivity index (χ3v) is 4.62. The molecule has 7 heteroatoms. The standard InChI is InChI=1S/C13H18N4O2S/c1-8-4-5-11(9(2)6-8)17-20(18,19)13-10(3)15-16-12(13)7-14/h4-6,17H,7,14H2,1-3H3,(H,15,16). The van der Waals surface area contributed by atoms with E-state index in [1.54, 1.807) is 13.0 Å². The van der Waals surface area contributed by atoms with Crippen LogP contribution in [0.5, 0.6) is 0 Å². The number of sulfonamides is 1. The molecule has 4 N–H and O–H groups in total. The number of anilines is 1. The topological polar surface area (TPSA) is 101 Å². The Hall–Kier alpha value is -1.86. The zero-order chi connectivity index (χ0) is 14.9. The molecular weight excluding hydrogens is 276 g/mol. The first-order valence-electron chi connectivity index (χ1n) is 6.19. The fourth-order valence-corrected chi connectivity index (χ4v) is 3.60. The van der Waals surface area contributed by atoms with Crippen LogP contribution in [0.4, 0.5) is 5.69 Å². The monoisotopic (exact) mass is 294 g/mol. The number of aryl methyl sites for hydroxylation is 3. The van der Waals surface area contributed by atoms with Gasteiger partial charge in [-0.15, -0.1) is 0 Å². The van der Waals surface area contributed by atoms with Gasteiger partial charge in [0.05, 0.1) is 17.1 Å². The smallest absolute Gasteiger partial charge is 0.265 e. The van der Waals surface area contributed by atoms with E-state index in [0.29, 0.717) is 17.1 Å². The molecule has 0 radical (unpaired) electrons. The van der Waals surface area contributed by atoms with Crippen molar-refractivity contribution in [1.29, 1.82) is 0 Å². The SMILES string of the molecule is Cc1ccc(NS(=O)(=O)c2c(CN)n[nH]c2C)c(C)c1. The maximum absolute atomic E-state index is 12.5. The van der Waals surface area contributed by atoms with Crippen LogP contribution in [0.2, 0.25) is 0 Å². The van der Waals surface area contributed by atoms with Crippen molar-refractivity contribution in [3.63, 3.8) is 0 Å². The summed E-state index contributed by atoms with van der Waals surface area (Å²) in [6.07, 6.45) is 0. The van der Waals surface area contributed by atoms with Gasteiger partial charge < -0.3 is 5.73 Å². The van der Waals surface area contributed by atoms with Crippen LogP contribution in [0.25, 0.3) is 0 Å². The number of rotatable bonds is 4. The number of nitrogens with zero attached hydrogens (tertiary/aromatic N) is 1. The molecule has 1 heterocycles. The van der Waals surface area contributed by atoms with Gasteiger partial charge in [-0.25, -0.2) is 8.42 Å². The summed E-state index contributed by atoms with van der Waals surface area (Å²) < 4.78 is 27.5. The maximum atomic E-state index is 12.5. The van der Waals surface area contributed by atoms with Crippen LogP contribution >= 0.6 is 0 Å². The minimum atomic E-state index is -3.70. The van der Waals surface area contributed by atoms with E-state index in [1.807, 2.05) is 26.0 Å². The molecular formula is C13H18N4O2S. The Morgan fingerprint density at radius 2 is 2.00 bits per heavy atom. The summed E-state index contributed by atoms with van der Waals surface area (Å²) in [5.74, 6) is 0. The minimum absolute atomic E-state index is 0.0630. The van der Waals surface area contributed by atoms with Crippen LogP contribution < -0.4 is 10.5 Å². The highest BCUT2D eigenvalue weighted by atomic mass is 32.2. The number of H-pyrrole nitrogens is 1. The van der Waals surface area contributed by atoms with Gasteiger partial charge in [0.15, 0.2) is 0 Å². The van der Waals surface area contributed by atoms with Crippen LogP contribution in [0.3, 0.4) is 0 Å². The van der Waals surface area contributed by atoms with Crippen LogP contribution in [0.1, 0.15) is 22.5 Å². The number of benzene rings is 1. The Labute approximate surface area is 118 Å². The summed E-state index contributed by atoms with van der Waals surface area (Å²) in [6, 6.07) is 5.53. The molecule has 0 amide bonds. The molecule has 0 bridgehead atoms. The molecule has 20 heavy (non-hydrogen) atoms. The van der Waals surface area contributed by atoms with Crippen molar-refractivity contribution in [2.45, 2.75) is 32.2 Å². The lowest BCUT2D eigenvalue weighted by Crippen LogP contribution is -2.17. The highest BCUT2D eigenvalue weighted by molar-refractivity contribution is 7.92. The lowest BCUT2D eigenvalue weighted by molar-refractivity contribution is 0.599. The molecule has 2 rings (SSSR count). The number of hydrogen-bond donors (Lipinski definition) is 3. The summed E-state index contributed by atoms with van der Waals surface area (Å²) in [4.78, 5) is 0.125. The zero-order valence-electron chi connectivity index (χ0n) is 11.7. The van der Waals surface area contributed by atoms with E-state index in [9.17, 15) is 8.42 Å². The number of aromatic amines is 1. The fourth-order valence-electron chi connectivity index (χ4n) is 2.09. The minimum Gasteiger partial charge on any atom is -0.325 e. The van der Waals surface area contributed by atoms with Crippen LogP contribution in [0, 0.1) is 20.8 Å². The molecule has 2 aromatic rings. The second-order valence-corrected chi connectivity index (χ2v) is 6.37. The van der Waals surface area contributed by atoms with Gasteiger partial charge >= 0.3 is 0 Å². The predicted molar refractivity (Wildman–Crippen MR) is 77.9 cm³/mol. The summed E-state index contributed by atoms with van der Waals surface area (Å²) in [7, 11) is -3.70. The van der Waals surface area contributed by atoms with Gasteiger partial charge in [-0.1, -0.05) is 17.7 Å². The molecule has 0 saturated carbocycles. The second kappa shape index (κ2) is 5.26. The zero-order valence-corrected chi connectivity index (χ0v) is 12.5. The van der Waals surface area contributed by atoms with Crippen molar-refractivity contribution in [1.82, 2.24) is 10.2 Å². The average molecular weight is 294 g/mol. The largest absolute Gasteiger partial charge is 0.325 e. The van der Waals surface area contributed by atoms with E-state index in [2.05, 4.69) is 14.9 Å². The lowest BCUT2D eigenvalue weighted by Gasteiger charge is -2.11. The Bertz CT molecular complexity index is 735. The van der Waals surface area contributed by atoms with E-state index in [1.165, 1.54) is 0 Å². The average Bonchev–Trinajstić information content (AvgIpc) is 2.75. The first-order chi connectivity index (χ1) is 9.35. The highest BCUT2D eigenvalue weighted by Crippen LogP contribution is 2.23. The Balaban J connectivity index is 2.43. The van der Waals surface area contributed by atoms with E-state index in [0.717, 1.165) is 11.1 Å². The predicted octanol–water partition coefficient (Wildman–Crippen LogP) is 1.59. The van der Waals surface area contributed by atoms with E-state index in [4.69, 9.17) is 5.73 Å². The molecule has 0 atom stereocenters. The molecule has 0 saturated heterocycles. The summed E-state index contributed by atoms with van der Waals surface area (Å²) in [5.41, 5.74) is 8.83. The maximum Gasteiger partial charge on any atom is 0.265 e. The first-order valence-corrected chi connectivity index (χ1v) is 7.67. The summed E-state index contributed by atoms with van der Waals surface area (Å²) in [5, 5.41) is 6.56.